The van der Waals surface area contributed by atoms with Crippen LogP contribution < -0.4 is 9.62 Å². The van der Waals surface area contributed by atoms with Crippen LogP contribution in [-0.2, 0) is 30.9 Å². The van der Waals surface area contributed by atoms with E-state index >= 15 is 0 Å². The molecule has 0 saturated carbocycles. The smallest absolute Gasteiger partial charge is 0.307 e. The Bertz CT molecular complexity index is 1260. The second-order valence-corrected chi connectivity index (χ2v) is 9.90. The molecule has 1 N–H and O–H groups in total. The van der Waals surface area contributed by atoms with Gasteiger partial charge >= 0.3 is 5.97 Å². The maximum absolute atomic E-state index is 12.5. The summed E-state index contributed by atoms with van der Waals surface area (Å²) in [4.78, 5) is 27.9. The van der Waals surface area contributed by atoms with Gasteiger partial charge in [-0.1, -0.05) is 42.5 Å². The molecular weight excluding hydrogens is 454 g/mol. The van der Waals surface area contributed by atoms with Crippen molar-refractivity contribution in [3.05, 3.63) is 72.3 Å². The van der Waals surface area contributed by atoms with Crippen molar-refractivity contribution in [3.63, 3.8) is 0 Å². The standard InChI is InChI=1S/C25H29N3O5S/c1-27(2)22-11-8-19(9-12-22)17-28(3)24(29)18-33-25(30)14-15-26-34(31,32)23-13-10-20-6-4-5-7-21(20)16-23/h4-13,16,26H,14-15,17-18H2,1-3H3. The largest absolute Gasteiger partial charge is 0.456 e. The van der Waals surface area contributed by atoms with Gasteiger partial charge in [0.05, 0.1) is 11.3 Å². The maximum Gasteiger partial charge on any atom is 0.307 e. The predicted octanol–water partition coefficient (Wildman–Crippen LogP) is 2.78. The molecule has 180 valence electrons. The summed E-state index contributed by atoms with van der Waals surface area (Å²) in [5, 5.41) is 1.74. The third-order valence-corrected chi connectivity index (χ3v) is 6.77. The van der Waals surface area contributed by atoms with Crippen LogP contribution in [0, 0.1) is 0 Å². The van der Waals surface area contributed by atoms with E-state index in [2.05, 4.69) is 4.72 Å². The molecule has 3 aromatic carbocycles. The molecule has 0 bridgehead atoms. The zero-order chi connectivity index (χ0) is 24.7. The van der Waals surface area contributed by atoms with Gasteiger partial charge in [-0.3, -0.25) is 9.59 Å². The Morgan fingerprint density at radius 2 is 1.59 bits per heavy atom. The summed E-state index contributed by atoms with van der Waals surface area (Å²) in [6.07, 6.45) is -0.185. The zero-order valence-electron chi connectivity index (χ0n) is 19.5. The van der Waals surface area contributed by atoms with E-state index in [1.165, 1.54) is 11.0 Å². The van der Waals surface area contributed by atoms with E-state index in [-0.39, 0.29) is 23.8 Å². The Morgan fingerprint density at radius 1 is 0.912 bits per heavy atom. The van der Waals surface area contributed by atoms with Gasteiger partial charge in [0, 0.05) is 39.9 Å². The van der Waals surface area contributed by atoms with Crippen molar-refractivity contribution >= 4 is 38.4 Å². The molecule has 0 aliphatic rings. The lowest BCUT2D eigenvalue weighted by Gasteiger charge is -2.18. The lowest BCUT2D eigenvalue weighted by Crippen LogP contribution is -2.31. The molecule has 8 nitrogen and oxygen atoms in total. The SMILES string of the molecule is CN(Cc1ccc(N(C)C)cc1)C(=O)COC(=O)CCNS(=O)(=O)c1ccc2ccccc2c1. The molecule has 0 spiro atoms. The summed E-state index contributed by atoms with van der Waals surface area (Å²) in [6.45, 7) is -0.144. The third kappa shape index (κ3) is 6.79. The highest BCUT2D eigenvalue weighted by Crippen LogP contribution is 2.19. The van der Waals surface area contributed by atoms with E-state index in [0.717, 1.165) is 22.0 Å². The lowest BCUT2D eigenvalue weighted by atomic mass is 10.1. The van der Waals surface area contributed by atoms with Gasteiger partial charge in [-0.2, -0.15) is 0 Å². The van der Waals surface area contributed by atoms with Crippen LogP contribution in [0.2, 0.25) is 0 Å². The first-order valence-electron chi connectivity index (χ1n) is 10.8. The van der Waals surface area contributed by atoms with Gasteiger partial charge in [0.25, 0.3) is 5.91 Å². The van der Waals surface area contributed by atoms with Crippen LogP contribution in [0.15, 0.2) is 71.6 Å². The number of nitrogens with zero attached hydrogens (tertiary/aromatic N) is 2. The Morgan fingerprint density at radius 3 is 2.26 bits per heavy atom. The maximum atomic E-state index is 12.5. The van der Waals surface area contributed by atoms with Crippen LogP contribution in [0.3, 0.4) is 0 Å². The molecule has 3 aromatic rings. The van der Waals surface area contributed by atoms with Gasteiger partial charge in [0.2, 0.25) is 10.0 Å². The highest BCUT2D eigenvalue weighted by molar-refractivity contribution is 7.89. The molecule has 0 fully saturated rings. The number of hydrogen-bond donors (Lipinski definition) is 1. The molecular formula is C25H29N3O5S. The predicted molar refractivity (Wildman–Crippen MR) is 132 cm³/mol. The third-order valence-electron chi connectivity index (χ3n) is 5.31. The molecule has 0 unspecified atom stereocenters. The van der Waals surface area contributed by atoms with Crippen molar-refractivity contribution < 1.29 is 22.7 Å². The normalized spacial score (nSPS) is 11.3. The minimum atomic E-state index is -3.77. The summed E-state index contributed by atoms with van der Waals surface area (Å²) < 4.78 is 32.5. The van der Waals surface area contributed by atoms with Crippen LogP contribution in [0.1, 0.15) is 12.0 Å². The Labute approximate surface area is 200 Å². The molecule has 0 saturated heterocycles. The number of fused-ring (bicyclic) bond motifs is 1. The molecule has 0 atom stereocenters. The molecule has 0 aliphatic carbocycles. The van der Waals surface area contributed by atoms with Crippen molar-refractivity contribution in [2.24, 2.45) is 0 Å². The molecule has 0 radical (unpaired) electrons. The number of nitrogens with one attached hydrogen (secondary N) is 1. The lowest BCUT2D eigenvalue weighted by molar-refractivity contribution is -0.151. The topological polar surface area (TPSA) is 96.0 Å². The molecule has 1 amide bonds. The highest BCUT2D eigenvalue weighted by Gasteiger charge is 2.16. The fourth-order valence-corrected chi connectivity index (χ4v) is 4.36. The van der Waals surface area contributed by atoms with Crippen LogP contribution in [-0.4, -0.2) is 59.5 Å². The van der Waals surface area contributed by atoms with Crippen LogP contribution in [0.5, 0.6) is 0 Å². The monoisotopic (exact) mass is 483 g/mol. The molecule has 34 heavy (non-hydrogen) atoms. The van der Waals surface area contributed by atoms with Gasteiger partial charge in [-0.15, -0.1) is 0 Å². The summed E-state index contributed by atoms with van der Waals surface area (Å²) in [6, 6.07) is 20.1. The minimum absolute atomic E-state index is 0.120. The summed E-state index contributed by atoms with van der Waals surface area (Å²) in [5.41, 5.74) is 2.01. The molecule has 9 heteroatoms. The number of sulfonamides is 1. The first-order valence-corrected chi connectivity index (χ1v) is 12.3. The number of carbonyl (C=O) groups is 2. The van der Waals surface area contributed by atoms with E-state index in [1.807, 2.05) is 67.5 Å². The van der Waals surface area contributed by atoms with Crippen molar-refractivity contribution in [2.75, 3.05) is 39.2 Å². The molecule has 3 rings (SSSR count). The van der Waals surface area contributed by atoms with Crippen LogP contribution >= 0.6 is 0 Å². The van der Waals surface area contributed by atoms with E-state index in [0.29, 0.717) is 6.54 Å². The Hall–Kier alpha value is -3.43. The van der Waals surface area contributed by atoms with Crippen molar-refractivity contribution in [2.45, 2.75) is 17.9 Å². The Kier molecular flexibility index (Phi) is 8.25. The number of anilines is 1. The Balaban J connectivity index is 1.42. The second kappa shape index (κ2) is 11.1. The van der Waals surface area contributed by atoms with Gasteiger partial charge in [0.15, 0.2) is 6.61 Å². The number of amides is 1. The van der Waals surface area contributed by atoms with E-state index in [4.69, 9.17) is 4.74 Å². The minimum Gasteiger partial charge on any atom is -0.456 e. The molecule has 0 heterocycles. The van der Waals surface area contributed by atoms with E-state index < -0.39 is 22.6 Å². The number of hydrogen-bond acceptors (Lipinski definition) is 6. The van der Waals surface area contributed by atoms with Crippen LogP contribution in [0.25, 0.3) is 10.8 Å². The highest BCUT2D eigenvalue weighted by atomic mass is 32.2. The van der Waals surface area contributed by atoms with Crippen molar-refractivity contribution in [1.29, 1.82) is 0 Å². The molecule has 0 aromatic heterocycles. The van der Waals surface area contributed by atoms with Crippen molar-refractivity contribution in [1.82, 2.24) is 9.62 Å². The quantitative estimate of drug-likeness (QED) is 0.446. The number of ether oxygens (including phenoxy) is 1. The fraction of sp³-hybridized carbons (Fsp3) is 0.280. The number of esters is 1. The first-order chi connectivity index (χ1) is 16.2. The summed E-state index contributed by atoms with van der Waals surface area (Å²) in [7, 11) is 1.76. The van der Waals surface area contributed by atoms with Crippen molar-refractivity contribution in [3.8, 4) is 0 Å². The fourth-order valence-electron chi connectivity index (χ4n) is 3.29. The zero-order valence-corrected chi connectivity index (χ0v) is 20.3. The van der Waals surface area contributed by atoms with Crippen LogP contribution in [0.4, 0.5) is 5.69 Å². The second-order valence-electron chi connectivity index (χ2n) is 8.13. The number of likely N-dealkylation sites (N-methyl/N-ethyl adjacent to an activating group) is 1. The number of carbonyl (C=O) groups excluding carboxylic acids is 2. The van der Waals surface area contributed by atoms with E-state index in [9.17, 15) is 18.0 Å². The summed E-state index contributed by atoms with van der Waals surface area (Å²) >= 11 is 0. The molecule has 0 aliphatic heterocycles. The van der Waals surface area contributed by atoms with E-state index in [1.54, 1.807) is 19.2 Å². The number of benzene rings is 3. The average Bonchev–Trinajstić information content (AvgIpc) is 2.82. The summed E-state index contributed by atoms with van der Waals surface area (Å²) in [5.74, 6) is -1.000. The first kappa shape index (κ1) is 25.2. The van der Waals surface area contributed by atoms with Gasteiger partial charge in [-0.05, 0) is 40.6 Å². The van der Waals surface area contributed by atoms with Gasteiger partial charge in [-0.25, -0.2) is 13.1 Å². The van der Waals surface area contributed by atoms with Gasteiger partial charge < -0.3 is 14.5 Å². The van der Waals surface area contributed by atoms with Gasteiger partial charge in [0.1, 0.15) is 0 Å². The number of rotatable bonds is 10. The average molecular weight is 484 g/mol.